The Hall–Kier alpha value is -1.56. The van der Waals surface area contributed by atoms with Gasteiger partial charge in [0.2, 0.25) is 0 Å². The third-order valence-electron chi connectivity index (χ3n) is 5.49. The Morgan fingerprint density at radius 3 is 2.85 bits per heavy atom. The first-order valence-corrected chi connectivity index (χ1v) is 10.4. The molecule has 1 aliphatic heterocycles. The van der Waals surface area contributed by atoms with Gasteiger partial charge in [0.25, 0.3) is 0 Å². The Morgan fingerprint density at radius 1 is 1.31 bits per heavy atom. The minimum absolute atomic E-state index is 0.504. The molecule has 0 spiro atoms. The number of hydrogen-bond donors (Lipinski definition) is 2. The summed E-state index contributed by atoms with van der Waals surface area (Å²) < 4.78 is 2.22. The van der Waals surface area contributed by atoms with Gasteiger partial charge >= 0.3 is 0 Å². The van der Waals surface area contributed by atoms with E-state index in [1.54, 1.807) is 0 Å². The summed E-state index contributed by atoms with van der Waals surface area (Å²) in [6.45, 7) is 11.4. The van der Waals surface area contributed by atoms with E-state index in [2.05, 4.69) is 52.1 Å². The lowest BCUT2D eigenvalue weighted by Gasteiger charge is -2.24. The molecule has 0 amide bonds. The van der Waals surface area contributed by atoms with Gasteiger partial charge in [0.1, 0.15) is 12.4 Å². The zero-order chi connectivity index (χ0) is 18.4. The SMILES string of the molecule is CCNC(=NCc1nccn1CC(C)C)NC1CCN(C2CCCC2)C1. The fourth-order valence-electron chi connectivity index (χ4n) is 4.22. The van der Waals surface area contributed by atoms with Gasteiger partial charge in [0.05, 0.1) is 0 Å². The molecule has 0 bridgehead atoms. The maximum absolute atomic E-state index is 4.80. The van der Waals surface area contributed by atoms with Crippen molar-refractivity contribution in [1.29, 1.82) is 0 Å². The molecule has 2 N–H and O–H groups in total. The molecule has 2 aliphatic rings. The molecule has 1 saturated carbocycles. The van der Waals surface area contributed by atoms with E-state index in [0.717, 1.165) is 37.5 Å². The first-order valence-electron chi connectivity index (χ1n) is 10.4. The van der Waals surface area contributed by atoms with E-state index < -0.39 is 0 Å². The lowest BCUT2D eigenvalue weighted by atomic mass is 10.2. The third kappa shape index (κ3) is 5.22. The van der Waals surface area contributed by atoms with E-state index >= 15 is 0 Å². The average Bonchev–Trinajstić information content (AvgIpc) is 3.34. The van der Waals surface area contributed by atoms with E-state index in [-0.39, 0.29) is 0 Å². The molecule has 2 fully saturated rings. The van der Waals surface area contributed by atoms with Crippen molar-refractivity contribution in [3.05, 3.63) is 18.2 Å². The van der Waals surface area contributed by atoms with Gasteiger partial charge in [-0.3, -0.25) is 4.90 Å². The van der Waals surface area contributed by atoms with Crippen LogP contribution in [0.15, 0.2) is 17.4 Å². The van der Waals surface area contributed by atoms with Crippen molar-refractivity contribution in [2.24, 2.45) is 10.9 Å². The largest absolute Gasteiger partial charge is 0.357 e. The molecule has 1 atom stereocenters. The highest BCUT2D eigenvalue weighted by atomic mass is 15.3. The van der Waals surface area contributed by atoms with Crippen LogP contribution >= 0.6 is 0 Å². The summed E-state index contributed by atoms with van der Waals surface area (Å²) in [5.74, 6) is 2.57. The van der Waals surface area contributed by atoms with Crippen molar-refractivity contribution >= 4 is 5.96 Å². The van der Waals surface area contributed by atoms with Crippen molar-refractivity contribution in [2.75, 3.05) is 19.6 Å². The molecular formula is C20H36N6. The molecule has 3 rings (SSSR count). The van der Waals surface area contributed by atoms with Crippen molar-refractivity contribution < 1.29 is 0 Å². The molecule has 1 saturated heterocycles. The standard InChI is InChI=1S/C20H36N6/c1-4-21-20(23-13-19-22-10-12-26(19)14-16(2)3)24-17-9-11-25(15-17)18-7-5-6-8-18/h10,12,16-18H,4-9,11,13-15H2,1-3H3,(H2,21,23,24). The summed E-state index contributed by atoms with van der Waals surface area (Å²) in [6, 6.07) is 1.33. The number of hydrogen-bond acceptors (Lipinski definition) is 3. The van der Waals surface area contributed by atoms with Gasteiger partial charge in [0.15, 0.2) is 5.96 Å². The maximum atomic E-state index is 4.80. The number of likely N-dealkylation sites (tertiary alicyclic amines) is 1. The van der Waals surface area contributed by atoms with Crippen LogP contribution < -0.4 is 10.6 Å². The highest BCUT2D eigenvalue weighted by molar-refractivity contribution is 5.80. The topological polar surface area (TPSA) is 57.5 Å². The van der Waals surface area contributed by atoms with Crippen LogP contribution in [-0.2, 0) is 13.1 Å². The Kier molecular flexibility index (Phi) is 6.94. The predicted molar refractivity (Wildman–Crippen MR) is 107 cm³/mol. The normalized spacial score (nSPS) is 22.5. The van der Waals surface area contributed by atoms with Gasteiger partial charge in [-0.1, -0.05) is 26.7 Å². The molecule has 26 heavy (non-hydrogen) atoms. The van der Waals surface area contributed by atoms with E-state index in [1.807, 2.05) is 6.20 Å². The van der Waals surface area contributed by atoms with Gasteiger partial charge in [-0.25, -0.2) is 9.98 Å². The quantitative estimate of drug-likeness (QED) is 0.580. The molecule has 1 aromatic heterocycles. The Labute approximate surface area is 158 Å². The van der Waals surface area contributed by atoms with Gasteiger partial charge in [-0.15, -0.1) is 0 Å². The summed E-state index contributed by atoms with van der Waals surface area (Å²) >= 11 is 0. The number of nitrogens with one attached hydrogen (secondary N) is 2. The monoisotopic (exact) mass is 360 g/mol. The minimum atomic E-state index is 0.504. The van der Waals surface area contributed by atoms with E-state index in [4.69, 9.17) is 4.99 Å². The minimum Gasteiger partial charge on any atom is -0.357 e. The van der Waals surface area contributed by atoms with Crippen LogP contribution in [0.4, 0.5) is 0 Å². The van der Waals surface area contributed by atoms with Crippen LogP contribution in [0.1, 0.15) is 58.7 Å². The molecule has 1 unspecified atom stereocenters. The molecule has 6 nitrogen and oxygen atoms in total. The highest BCUT2D eigenvalue weighted by Gasteiger charge is 2.30. The maximum Gasteiger partial charge on any atom is 0.191 e. The Bertz CT molecular complexity index is 573. The molecule has 1 aromatic rings. The molecular weight excluding hydrogens is 324 g/mol. The number of guanidine groups is 1. The predicted octanol–water partition coefficient (Wildman–Crippen LogP) is 2.61. The number of aliphatic imine (C=N–C) groups is 1. The number of rotatable bonds is 7. The second-order valence-corrected chi connectivity index (χ2v) is 8.15. The van der Waals surface area contributed by atoms with E-state index in [1.165, 1.54) is 38.6 Å². The molecule has 6 heteroatoms. The fraction of sp³-hybridized carbons (Fsp3) is 0.800. The van der Waals surface area contributed by atoms with Gasteiger partial charge in [-0.05, 0) is 32.1 Å². The third-order valence-corrected chi connectivity index (χ3v) is 5.49. The van der Waals surface area contributed by atoms with Gasteiger partial charge < -0.3 is 15.2 Å². The number of nitrogens with zero attached hydrogens (tertiary/aromatic N) is 4. The summed E-state index contributed by atoms with van der Waals surface area (Å²) in [5.41, 5.74) is 0. The van der Waals surface area contributed by atoms with Crippen LogP contribution in [0.3, 0.4) is 0 Å². The summed E-state index contributed by atoms with van der Waals surface area (Å²) in [6.07, 6.45) is 10.7. The molecule has 1 aliphatic carbocycles. The van der Waals surface area contributed by atoms with Crippen molar-refractivity contribution in [1.82, 2.24) is 25.1 Å². The summed E-state index contributed by atoms with van der Waals surface area (Å²) in [7, 11) is 0. The number of aromatic nitrogens is 2. The van der Waals surface area contributed by atoms with Gasteiger partial charge in [-0.2, -0.15) is 0 Å². The van der Waals surface area contributed by atoms with Crippen LogP contribution in [0.5, 0.6) is 0 Å². The lowest BCUT2D eigenvalue weighted by molar-refractivity contribution is 0.242. The molecule has 146 valence electrons. The van der Waals surface area contributed by atoms with Crippen LogP contribution in [0.25, 0.3) is 0 Å². The first kappa shape index (κ1) is 19.2. The first-order chi connectivity index (χ1) is 12.7. The fourth-order valence-corrected chi connectivity index (χ4v) is 4.22. The van der Waals surface area contributed by atoms with Crippen LogP contribution in [0.2, 0.25) is 0 Å². The second-order valence-electron chi connectivity index (χ2n) is 8.15. The summed E-state index contributed by atoms with van der Waals surface area (Å²) in [4.78, 5) is 12.0. The zero-order valence-corrected chi connectivity index (χ0v) is 16.7. The molecule has 2 heterocycles. The zero-order valence-electron chi connectivity index (χ0n) is 16.7. The van der Waals surface area contributed by atoms with E-state index in [0.29, 0.717) is 18.5 Å². The smallest absolute Gasteiger partial charge is 0.191 e. The number of imidazole rings is 1. The van der Waals surface area contributed by atoms with Crippen LogP contribution in [0, 0.1) is 5.92 Å². The summed E-state index contributed by atoms with van der Waals surface area (Å²) in [5, 5.41) is 7.05. The van der Waals surface area contributed by atoms with Gasteiger partial charge in [0, 0.05) is 50.7 Å². The molecule has 0 radical (unpaired) electrons. The van der Waals surface area contributed by atoms with Crippen molar-refractivity contribution in [3.63, 3.8) is 0 Å². The Balaban J connectivity index is 1.55. The molecule has 0 aromatic carbocycles. The highest BCUT2D eigenvalue weighted by Crippen LogP contribution is 2.26. The second kappa shape index (κ2) is 9.40. The lowest BCUT2D eigenvalue weighted by Crippen LogP contribution is -2.45. The average molecular weight is 361 g/mol. The van der Waals surface area contributed by atoms with E-state index in [9.17, 15) is 0 Å². The Morgan fingerprint density at radius 2 is 2.12 bits per heavy atom. The van der Waals surface area contributed by atoms with Crippen molar-refractivity contribution in [2.45, 2.75) is 78.0 Å². The van der Waals surface area contributed by atoms with Crippen molar-refractivity contribution in [3.8, 4) is 0 Å². The van der Waals surface area contributed by atoms with Crippen LogP contribution in [-0.4, -0.2) is 52.1 Å².